The van der Waals surface area contributed by atoms with Crippen LogP contribution >= 0.6 is 11.8 Å². The molecule has 1 spiro atoms. The lowest BCUT2D eigenvalue weighted by atomic mass is 9.74. The minimum absolute atomic E-state index is 0.0953. The van der Waals surface area contributed by atoms with Gasteiger partial charge in [-0.15, -0.1) is 11.8 Å². The molecule has 5 rings (SSSR count). The smallest absolute Gasteiger partial charge is 0.311 e. The van der Waals surface area contributed by atoms with Crippen molar-refractivity contribution in [2.45, 2.75) is 81.3 Å². The van der Waals surface area contributed by atoms with Gasteiger partial charge in [-0.3, -0.25) is 14.4 Å². The van der Waals surface area contributed by atoms with Gasteiger partial charge in [-0.1, -0.05) is 49.3 Å². The number of thioether (sulfide) groups is 1. The van der Waals surface area contributed by atoms with Crippen LogP contribution in [0.3, 0.4) is 0 Å². The molecule has 4 heterocycles. The summed E-state index contributed by atoms with van der Waals surface area (Å²) >= 11 is 1.60. The molecule has 2 fully saturated rings. The number of ether oxygens (including phenoxy) is 1. The van der Waals surface area contributed by atoms with Crippen molar-refractivity contribution in [2.75, 3.05) is 31.2 Å². The summed E-state index contributed by atoms with van der Waals surface area (Å²) in [6.07, 6.45) is 14.1. The number of nitrogens with zero attached hydrogens (tertiary/aromatic N) is 2. The van der Waals surface area contributed by atoms with Crippen LogP contribution in [0.15, 0.2) is 42.5 Å². The molecule has 1 N–H and O–H groups in total. The van der Waals surface area contributed by atoms with Crippen molar-refractivity contribution in [3.63, 3.8) is 0 Å². The van der Waals surface area contributed by atoms with Gasteiger partial charge in [0, 0.05) is 30.1 Å². The number of allylic oxidation sites excluding steroid dienone is 1. The molecule has 40 heavy (non-hydrogen) atoms. The van der Waals surface area contributed by atoms with Crippen LogP contribution in [0.2, 0.25) is 0 Å². The maximum absolute atomic E-state index is 14.7. The molecule has 1 aromatic carbocycles. The summed E-state index contributed by atoms with van der Waals surface area (Å²) in [4.78, 5) is 46.3. The summed E-state index contributed by atoms with van der Waals surface area (Å²) in [6.45, 7) is 7.42. The number of aliphatic hydroxyl groups is 1. The van der Waals surface area contributed by atoms with Crippen molar-refractivity contribution >= 4 is 35.2 Å². The Morgan fingerprint density at radius 3 is 2.60 bits per heavy atom. The monoisotopic (exact) mass is 566 g/mol. The molecule has 216 valence electrons. The molecule has 0 aliphatic carbocycles. The Labute approximate surface area is 242 Å². The number of aryl methyl sites for hydroxylation is 2. The molecule has 4 aliphatic heterocycles. The standard InChI is InChI=1S/C32H42N2O5S/c1-22-13-14-23(2)24(21-22)33-18-12-16-32-25(26-30(38)39-20-11-7-4-8-15-31(26,3)40-32)28(36)34(27(32)29(33)37)17-9-5-6-10-19-35/h8,12-16,21,25-27,35H,4-7,9-11,17-20H2,1-3H3/b15-8-/t25-,26-,27?,31+,32-/m0/s1. The fourth-order valence-electron chi connectivity index (χ4n) is 7.01. The average molecular weight is 567 g/mol. The Morgan fingerprint density at radius 1 is 1.00 bits per heavy atom. The Kier molecular flexibility index (Phi) is 8.48. The van der Waals surface area contributed by atoms with Crippen molar-refractivity contribution < 1.29 is 24.2 Å². The van der Waals surface area contributed by atoms with E-state index in [2.05, 4.69) is 18.2 Å². The van der Waals surface area contributed by atoms with Gasteiger partial charge in [0.1, 0.15) is 6.04 Å². The molecule has 0 bridgehead atoms. The third kappa shape index (κ3) is 5.02. The van der Waals surface area contributed by atoms with E-state index < -0.39 is 27.4 Å². The molecule has 1 aromatic rings. The molecule has 8 heteroatoms. The van der Waals surface area contributed by atoms with Crippen LogP contribution in [0.1, 0.15) is 63.0 Å². The van der Waals surface area contributed by atoms with Gasteiger partial charge in [-0.25, -0.2) is 0 Å². The second-order valence-corrected chi connectivity index (χ2v) is 13.7. The first-order valence-corrected chi connectivity index (χ1v) is 15.6. The van der Waals surface area contributed by atoms with Crippen LogP contribution < -0.4 is 4.90 Å². The molecular formula is C32H42N2O5S. The molecule has 0 aromatic heterocycles. The van der Waals surface area contributed by atoms with Crippen molar-refractivity contribution in [3.8, 4) is 0 Å². The summed E-state index contributed by atoms with van der Waals surface area (Å²) in [5.41, 5.74) is 2.93. The van der Waals surface area contributed by atoms with Gasteiger partial charge >= 0.3 is 5.97 Å². The van der Waals surface area contributed by atoms with E-state index in [0.29, 0.717) is 19.7 Å². The lowest BCUT2D eigenvalue weighted by Gasteiger charge is -2.37. The summed E-state index contributed by atoms with van der Waals surface area (Å²) < 4.78 is 4.23. The first-order valence-electron chi connectivity index (χ1n) is 14.8. The zero-order chi connectivity index (χ0) is 28.5. The van der Waals surface area contributed by atoms with Crippen LogP contribution in [0.4, 0.5) is 5.69 Å². The third-order valence-corrected chi connectivity index (χ3v) is 10.8. The predicted molar refractivity (Wildman–Crippen MR) is 158 cm³/mol. The van der Waals surface area contributed by atoms with Gasteiger partial charge in [0.2, 0.25) is 5.91 Å². The number of esters is 1. The van der Waals surface area contributed by atoms with Crippen LogP contribution in [-0.2, 0) is 19.1 Å². The first kappa shape index (κ1) is 28.9. The average Bonchev–Trinajstić information content (AvgIpc) is 3.24. The van der Waals surface area contributed by atoms with E-state index in [1.54, 1.807) is 16.7 Å². The van der Waals surface area contributed by atoms with Crippen LogP contribution in [0.25, 0.3) is 0 Å². The number of benzene rings is 1. The van der Waals surface area contributed by atoms with Crippen molar-refractivity contribution in [2.24, 2.45) is 11.8 Å². The zero-order valence-electron chi connectivity index (χ0n) is 23.9. The first-order chi connectivity index (χ1) is 19.2. The molecule has 1 unspecified atom stereocenters. The highest BCUT2D eigenvalue weighted by atomic mass is 32.2. The number of carbonyl (C=O) groups excluding carboxylic acids is 3. The van der Waals surface area contributed by atoms with Gasteiger partial charge in [-0.2, -0.15) is 0 Å². The molecule has 5 atom stereocenters. The van der Waals surface area contributed by atoms with E-state index >= 15 is 0 Å². The Morgan fingerprint density at radius 2 is 1.80 bits per heavy atom. The topological polar surface area (TPSA) is 87.2 Å². The van der Waals surface area contributed by atoms with Crippen LogP contribution in [0.5, 0.6) is 0 Å². The molecule has 0 saturated carbocycles. The third-order valence-electron chi connectivity index (χ3n) is 8.96. The molecule has 2 saturated heterocycles. The van der Waals surface area contributed by atoms with E-state index in [-0.39, 0.29) is 24.4 Å². The van der Waals surface area contributed by atoms with Crippen molar-refractivity contribution in [3.05, 3.63) is 53.6 Å². The molecule has 7 nitrogen and oxygen atoms in total. The highest BCUT2D eigenvalue weighted by Crippen LogP contribution is 2.65. The minimum Gasteiger partial charge on any atom is -0.465 e. The SMILES string of the molecule is Cc1ccc(C)c(N2CC=C[C@]34S[C@]5(C)/C=C\CCCCOC(=O)[C@@H]5[C@H]3C(=O)N(CCCCCCO)C4C2=O)c1. The lowest BCUT2D eigenvalue weighted by molar-refractivity contribution is -0.154. The number of hydrogen-bond acceptors (Lipinski definition) is 6. The Bertz CT molecular complexity index is 1210. The number of aliphatic hydroxyl groups excluding tert-OH is 1. The zero-order valence-corrected chi connectivity index (χ0v) is 24.8. The van der Waals surface area contributed by atoms with Crippen molar-refractivity contribution in [1.29, 1.82) is 0 Å². The highest BCUT2D eigenvalue weighted by molar-refractivity contribution is 8.02. The second-order valence-electron chi connectivity index (χ2n) is 11.9. The number of anilines is 1. The highest BCUT2D eigenvalue weighted by Gasteiger charge is 2.73. The number of rotatable bonds is 7. The van der Waals surface area contributed by atoms with Crippen LogP contribution in [0, 0.1) is 25.7 Å². The van der Waals surface area contributed by atoms with E-state index in [9.17, 15) is 19.5 Å². The Hall–Kier alpha value is -2.58. The number of unbranched alkanes of at least 4 members (excludes halogenated alkanes) is 3. The summed E-state index contributed by atoms with van der Waals surface area (Å²) in [7, 11) is 0. The summed E-state index contributed by atoms with van der Waals surface area (Å²) in [6, 6.07) is 5.39. The molecular weight excluding hydrogens is 524 g/mol. The fourth-order valence-corrected chi connectivity index (χ4v) is 9.16. The fraction of sp³-hybridized carbons (Fsp3) is 0.594. The molecule has 4 aliphatic rings. The number of amides is 2. The maximum atomic E-state index is 14.7. The largest absolute Gasteiger partial charge is 0.465 e. The predicted octanol–water partition coefficient (Wildman–Crippen LogP) is 4.73. The number of hydrogen-bond donors (Lipinski definition) is 1. The van der Waals surface area contributed by atoms with Crippen LogP contribution in [-0.4, -0.2) is 69.6 Å². The maximum Gasteiger partial charge on any atom is 0.311 e. The summed E-state index contributed by atoms with van der Waals surface area (Å²) in [5, 5.41) is 9.19. The quantitative estimate of drug-likeness (QED) is 0.292. The van der Waals surface area contributed by atoms with Gasteiger partial charge in [0.15, 0.2) is 0 Å². The lowest BCUT2D eigenvalue weighted by Crippen LogP contribution is -2.53. The number of carbonyl (C=O) groups is 3. The number of likely N-dealkylation sites (tertiary alicyclic amines) is 1. The van der Waals surface area contributed by atoms with Gasteiger partial charge in [0.05, 0.1) is 23.2 Å². The molecule has 2 amide bonds. The second kappa shape index (κ2) is 11.7. The number of cyclic esters (lactones) is 1. The molecule has 0 radical (unpaired) electrons. The van der Waals surface area contributed by atoms with E-state index in [0.717, 1.165) is 61.8 Å². The Balaban J connectivity index is 1.59. The summed E-state index contributed by atoms with van der Waals surface area (Å²) in [5.74, 6) is -1.92. The van der Waals surface area contributed by atoms with Gasteiger partial charge in [-0.05, 0) is 70.1 Å². The van der Waals surface area contributed by atoms with E-state index in [1.807, 2.05) is 49.9 Å². The minimum atomic E-state index is -0.872. The van der Waals surface area contributed by atoms with Crippen molar-refractivity contribution in [1.82, 2.24) is 4.90 Å². The van der Waals surface area contributed by atoms with Gasteiger partial charge < -0.3 is 19.6 Å². The normalized spacial score (nSPS) is 32.8. The van der Waals surface area contributed by atoms with E-state index in [1.165, 1.54) is 0 Å². The van der Waals surface area contributed by atoms with Gasteiger partial charge in [0.25, 0.3) is 5.91 Å². The number of fused-ring (bicyclic) bond motifs is 2. The van der Waals surface area contributed by atoms with E-state index in [4.69, 9.17) is 4.74 Å².